The van der Waals surface area contributed by atoms with Crippen molar-refractivity contribution >= 4 is 35.7 Å². The summed E-state index contributed by atoms with van der Waals surface area (Å²) in [7, 11) is 0. The van der Waals surface area contributed by atoms with E-state index in [1.54, 1.807) is 4.90 Å². The first kappa shape index (κ1) is 19.4. The molecule has 0 radical (unpaired) electrons. The summed E-state index contributed by atoms with van der Waals surface area (Å²) in [5.41, 5.74) is 8.65. The second-order valence-corrected chi connectivity index (χ2v) is 6.66. The van der Waals surface area contributed by atoms with Gasteiger partial charge >= 0.3 is 6.03 Å². The summed E-state index contributed by atoms with van der Waals surface area (Å²) in [6.45, 7) is 0.675. The predicted octanol–water partition coefficient (Wildman–Crippen LogP) is 2.60. The lowest BCUT2D eigenvalue weighted by atomic mass is 9.96. The van der Waals surface area contributed by atoms with Gasteiger partial charge in [-0.05, 0) is 43.4 Å². The second kappa shape index (κ2) is 8.94. The normalized spacial score (nSPS) is 17.2. The lowest BCUT2D eigenvalue weighted by Gasteiger charge is -2.30. The van der Waals surface area contributed by atoms with Crippen LogP contribution in [0.1, 0.15) is 44.1 Å². The Kier molecular flexibility index (Phi) is 6.93. The van der Waals surface area contributed by atoms with Crippen LogP contribution in [0.2, 0.25) is 0 Å². The number of halogens is 1. The Labute approximate surface area is 154 Å². The van der Waals surface area contributed by atoms with Crippen molar-refractivity contribution in [3.8, 4) is 0 Å². The number of nitrogens with zero attached hydrogens (tertiary/aromatic N) is 1. The zero-order valence-electron chi connectivity index (χ0n) is 14.4. The molecule has 3 rings (SSSR count). The quantitative estimate of drug-likeness (QED) is 0.718. The molecule has 0 atom stereocenters. The van der Waals surface area contributed by atoms with Gasteiger partial charge in [0, 0.05) is 24.0 Å². The third-order valence-corrected chi connectivity index (χ3v) is 4.93. The molecule has 7 heteroatoms. The topological polar surface area (TPSA) is 87.5 Å². The summed E-state index contributed by atoms with van der Waals surface area (Å²) < 4.78 is 0. The van der Waals surface area contributed by atoms with Gasteiger partial charge in [-0.15, -0.1) is 12.4 Å². The molecule has 1 saturated carbocycles. The molecule has 0 spiro atoms. The van der Waals surface area contributed by atoms with E-state index in [0.29, 0.717) is 6.54 Å². The molecule has 0 unspecified atom stereocenters. The van der Waals surface area contributed by atoms with Crippen LogP contribution >= 0.6 is 12.4 Å². The van der Waals surface area contributed by atoms with Crippen molar-refractivity contribution in [3.63, 3.8) is 0 Å². The Morgan fingerprint density at radius 2 is 1.92 bits per heavy atom. The average Bonchev–Trinajstić information content (AvgIpc) is 2.60. The van der Waals surface area contributed by atoms with E-state index >= 15 is 0 Å². The highest BCUT2D eigenvalue weighted by Crippen LogP contribution is 2.31. The summed E-state index contributed by atoms with van der Waals surface area (Å²) in [5.74, 6) is -0.0969. The first-order chi connectivity index (χ1) is 11.6. The number of amides is 3. The van der Waals surface area contributed by atoms with Crippen LogP contribution in [0.5, 0.6) is 0 Å². The molecule has 0 aromatic heterocycles. The smallest absolute Gasteiger partial charge is 0.315 e. The van der Waals surface area contributed by atoms with E-state index in [-0.39, 0.29) is 36.9 Å². The Hall–Kier alpha value is -1.95. The van der Waals surface area contributed by atoms with Gasteiger partial charge in [0.1, 0.15) is 0 Å². The van der Waals surface area contributed by atoms with Gasteiger partial charge in [-0.3, -0.25) is 4.79 Å². The highest BCUT2D eigenvalue weighted by atomic mass is 35.5. The largest absolute Gasteiger partial charge is 0.398 e. The molecule has 1 aliphatic carbocycles. The number of carbonyl (C=O) groups is 2. The third kappa shape index (κ3) is 4.78. The van der Waals surface area contributed by atoms with E-state index in [0.717, 1.165) is 55.5 Å². The first-order valence-electron chi connectivity index (χ1n) is 8.87. The van der Waals surface area contributed by atoms with E-state index in [1.165, 1.54) is 6.42 Å². The molecular weight excluding hydrogens is 340 g/mol. The van der Waals surface area contributed by atoms with Gasteiger partial charge in [-0.25, -0.2) is 4.79 Å². The van der Waals surface area contributed by atoms with E-state index in [1.807, 2.05) is 18.2 Å². The van der Waals surface area contributed by atoms with Crippen molar-refractivity contribution in [2.24, 2.45) is 0 Å². The maximum atomic E-state index is 12.5. The van der Waals surface area contributed by atoms with Crippen LogP contribution in [-0.2, 0) is 11.2 Å². The highest BCUT2D eigenvalue weighted by Gasteiger charge is 2.24. The number of nitrogen functional groups attached to an aromatic ring is 1. The molecular formula is C18H27ClN4O2. The SMILES string of the molecule is Cl.Nc1cccc2c1CCCN2C(=O)CNC(=O)NC1CCCCC1. The molecule has 138 valence electrons. The number of hydrogen-bond acceptors (Lipinski definition) is 3. The Balaban J connectivity index is 0.00000225. The van der Waals surface area contributed by atoms with E-state index in [2.05, 4.69) is 10.6 Å². The molecule has 2 aliphatic rings. The highest BCUT2D eigenvalue weighted by molar-refractivity contribution is 5.98. The lowest BCUT2D eigenvalue weighted by molar-refractivity contribution is -0.117. The molecule has 0 saturated heterocycles. The zero-order valence-corrected chi connectivity index (χ0v) is 15.2. The summed E-state index contributed by atoms with van der Waals surface area (Å²) in [5, 5.41) is 5.66. The summed E-state index contributed by atoms with van der Waals surface area (Å²) >= 11 is 0. The van der Waals surface area contributed by atoms with E-state index < -0.39 is 0 Å². The molecule has 3 amide bonds. The van der Waals surface area contributed by atoms with Gasteiger partial charge in [-0.2, -0.15) is 0 Å². The average molecular weight is 367 g/mol. The molecule has 6 nitrogen and oxygen atoms in total. The molecule has 1 heterocycles. The maximum absolute atomic E-state index is 12.5. The van der Waals surface area contributed by atoms with Crippen molar-refractivity contribution in [2.45, 2.75) is 51.0 Å². The van der Waals surface area contributed by atoms with Crippen LogP contribution < -0.4 is 21.3 Å². The van der Waals surface area contributed by atoms with Crippen molar-refractivity contribution in [1.29, 1.82) is 0 Å². The summed E-state index contributed by atoms with van der Waals surface area (Å²) in [4.78, 5) is 26.2. The molecule has 25 heavy (non-hydrogen) atoms. The maximum Gasteiger partial charge on any atom is 0.315 e. The fraction of sp³-hybridized carbons (Fsp3) is 0.556. The molecule has 1 aromatic carbocycles. The van der Waals surface area contributed by atoms with E-state index in [4.69, 9.17) is 5.73 Å². The van der Waals surface area contributed by atoms with Crippen LogP contribution in [-0.4, -0.2) is 31.1 Å². The van der Waals surface area contributed by atoms with Crippen molar-refractivity contribution < 1.29 is 9.59 Å². The number of carbonyl (C=O) groups excluding carboxylic acids is 2. The third-order valence-electron chi connectivity index (χ3n) is 4.93. The Morgan fingerprint density at radius 1 is 1.16 bits per heavy atom. The van der Waals surface area contributed by atoms with Crippen LogP contribution in [0.4, 0.5) is 16.2 Å². The molecule has 0 bridgehead atoms. The minimum absolute atomic E-state index is 0. The zero-order chi connectivity index (χ0) is 16.9. The first-order valence-corrected chi connectivity index (χ1v) is 8.87. The molecule has 4 N–H and O–H groups in total. The number of anilines is 2. The standard InChI is InChI=1S/C18H26N4O2.ClH/c19-15-9-4-10-16-14(15)8-5-11-22(16)17(23)12-20-18(24)21-13-6-2-1-3-7-13;/h4,9-10,13H,1-3,5-8,11-12,19H2,(H2,20,21,24);1H. The van der Waals surface area contributed by atoms with Crippen LogP contribution in [0.3, 0.4) is 0 Å². The van der Waals surface area contributed by atoms with Crippen LogP contribution in [0.25, 0.3) is 0 Å². The summed E-state index contributed by atoms with van der Waals surface area (Å²) in [6.07, 6.45) is 7.41. The fourth-order valence-electron chi connectivity index (χ4n) is 3.65. The van der Waals surface area contributed by atoms with Gasteiger partial charge < -0.3 is 21.3 Å². The van der Waals surface area contributed by atoms with Gasteiger partial charge in [0.15, 0.2) is 0 Å². The van der Waals surface area contributed by atoms with Crippen LogP contribution in [0.15, 0.2) is 18.2 Å². The van der Waals surface area contributed by atoms with Gasteiger partial charge in [0.2, 0.25) is 5.91 Å². The molecule has 1 fully saturated rings. The number of rotatable bonds is 3. The predicted molar refractivity (Wildman–Crippen MR) is 102 cm³/mol. The lowest BCUT2D eigenvalue weighted by Crippen LogP contribution is -2.48. The minimum atomic E-state index is -0.250. The Morgan fingerprint density at radius 3 is 2.68 bits per heavy atom. The minimum Gasteiger partial charge on any atom is -0.398 e. The van der Waals surface area contributed by atoms with Crippen molar-refractivity contribution in [2.75, 3.05) is 23.7 Å². The Bertz CT molecular complexity index is 617. The number of benzene rings is 1. The number of nitrogens with one attached hydrogen (secondary N) is 2. The fourth-order valence-corrected chi connectivity index (χ4v) is 3.65. The van der Waals surface area contributed by atoms with Crippen molar-refractivity contribution in [3.05, 3.63) is 23.8 Å². The number of fused-ring (bicyclic) bond motifs is 1. The van der Waals surface area contributed by atoms with Crippen molar-refractivity contribution in [1.82, 2.24) is 10.6 Å². The number of nitrogens with two attached hydrogens (primary N) is 1. The molecule has 1 aromatic rings. The number of urea groups is 1. The van der Waals surface area contributed by atoms with Gasteiger partial charge in [0.05, 0.1) is 6.54 Å². The second-order valence-electron chi connectivity index (χ2n) is 6.66. The van der Waals surface area contributed by atoms with Gasteiger partial charge in [-0.1, -0.05) is 25.3 Å². The van der Waals surface area contributed by atoms with Crippen LogP contribution in [0, 0.1) is 0 Å². The molecule has 1 aliphatic heterocycles. The summed E-state index contributed by atoms with van der Waals surface area (Å²) in [6, 6.07) is 5.64. The number of hydrogen-bond donors (Lipinski definition) is 3. The van der Waals surface area contributed by atoms with Gasteiger partial charge in [0.25, 0.3) is 0 Å². The van der Waals surface area contributed by atoms with E-state index in [9.17, 15) is 9.59 Å². The monoisotopic (exact) mass is 366 g/mol.